The number of hydrogen-bond donors (Lipinski definition) is 2. The Morgan fingerprint density at radius 3 is 2.60 bits per heavy atom. The van der Waals surface area contributed by atoms with Crippen molar-refractivity contribution in [1.29, 1.82) is 5.26 Å². The van der Waals surface area contributed by atoms with Crippen LogP contribution >= 0.6 is 0 Å². The van der Waals surface area contributed by atoms with Crippen LogP contribution in [-0.4, -0.2) is 27.0 Å². The molecule has 20 heavy (non-hydrogen) atoms. The molecule has 0 atom stereocenters. The van der Waals surface area contributed by atoms with Crippen LogP contribution in [-0.2, 0) is 0 Å². The molecule has 0 bridgehead atoms. The van der Waals surface area contributed by atoms with E-state index in [9.17, 15) is 9.59 Å². The summed E-state index contributed by atoms with van der Waals surface area (Å²) >= 11 is 0. The van der Waals surface area contributed by atoms with Gasteiger partial charge in [0.05, 0.1) is 5.56 Å². The molecule has 0 aliphatic heterocycles. The normalized spacial score (nSPS) is 9.55. The number of aromatic carboxylic acids is 1. The summed E-state index contributed by atoms with van der Waals surface area (Å²) in [5.41, 5.74) is 0.598. The van der Waals surface area contributed by atoms with Crippen LogP contribution in [0.15, 0.2) is 36.7 Å². The minimum Gasteiger partial charge on any atom is -0.477 e. The van der Waals surface area contributed by atoms with E-state index in [1.54, 1.807) is 0 Å². The third kappa shape index (κ3) is 2.94. The highest BCUT2D eigenvalue weighted by Crippen LogP contribution is 2.10. The van der Waals surface area contributed by atoms with Crippen LogP contribution < -0.4 is 5.32 Å². The summed E-state index contributed by atoms with van der Waals surface area (Å²) in [4.78, 5) is 30.1. The molecule has 2 aromatic heterocycles. The monoisotopic (exact) mass is 268 g/mol. The molecule has 0 saturated heterocycles. The van der Waals surface area contributed by atoms with Crippen LogP contribution in [0.3, 0.4) is 0 Å². The molecule has 1 amide bonds. The van der Waals surface area contributed by atoms with Gasteiger partial charge in [0, 0.05) is 18.1 Å². The molecule has 0 fully saturated rings. The van der Waals surface area contributed by atoms with E-state index in [1.165, 1.54) is 36.7 Å². The minimum atomic E-state index is -1.18. The van der Waals surface area contributed by atoms with Crippen LogP contribution in [0.2, 0.25) is 0 Å². The van der Waals surface area contributed by atoms with Crippen molar-refractivity contribution >= 4 is 17.6 Å². The average molecular weight is 268 g/mol. The van der Waals surface area contributed by atoms with Gasteiger partial charge in [0.15, 0.2) is 0 Å². The molecule has 0 aromatic carbocycles. The van der Waals surface area contributed by atoms with Crippen LogP contribution in [0.4, 0.5) is 5.69 Å². The smallest absolute Gasteiger partial charge is 0.354 e. The Kier molecular flexibility index (Phi) is 3.67. The molecule has 2 N–H and O–H groups in total. The Hall–Kier alpha value is -3.27. The molecule has 0 spiro atoms. The van der Waals surface area contributed by atoms with E-state index in [1.807, 2.05) is 6.07 Å². The van der Waals surface area contributed by atoms with Crippen LogP contribution in [0.25, 0.3) is 0 Å². The first-order chi connectivity index (χ1) is 9.60. The first-order valence-electron chi connectivity index (χ1n) is 5.47. The van der Waals surface area contributed by atoms with E-state index >= 15 is 0 Å². The number of nitrogens with one attached hydrogen (secondary N) is 1. The second-order valence-electron chi connectivity index (χ2n) is 3.73. The Bertz CT molecular complexity index is 704. The maximum absolute atomic E-state index is 11.9. The van der Waals surface area contributed by atoms with Gasteiger partial charge in [-0.1, -0.05) is 0 Å². The fourth-order valence-electron chi connectivity index (χ4n) is 1.41. The Labute approximate surface area is 113 Å². The van der Waals surface area contributed by atoms with Crippen molar-refractivity contribution in [2.24, 2.45) is 0 Å². The van der Waals surface area contributed by atoms with E-state index in [2.05, 4.69) is 15.3 Å². The van der Waals surface area contributed by atoms with Gasteiger partial charge in [0.25, 0.3) is 5.91 Å². The van der Waals surface area contributed by atoms with E-state index in [0.717, 1.165) is 0 Å². The average Bonchev–Trinajstić information content (AvgIpc) is 2.47. The van der Waals surface area contributed by atoms with Gasteiger partial charge in [-0.2, -0.15) is 5.26 Å². The zero-order valence-corrected chi connectivity index (χ0v) is 10.1. The van der Waals surface area contributed by atoms with Crippen LogP contribution in [0.5, 0.6) is 0 Å². The lowest BCUT2D eigenvalue weighted by molar-refractivity contribution is 0.0690. The predicted molar refractivity (Wildman–Crippen MR) is 68.1 cm³/mol. The molecule has 0 aliphatic rings. The SMILES string of the molecule is N#Cc1ccc(C(=O)Nc2ccnc(C(=O)O)c2)nc1. The Morgan fingerprint density at radius 2 is 2.00 bits per heavy atom. The van der Waals surface area contributed by atoms with Gasteiger partial charge in [-0.25, -0.2) is 14.8 Å². The lowest BCUT2D eigenvalue weighted by Crippen LogP contribution is -2.14. The zero-order valence-electron chi connectivity index (χ0n) is 10.1. The second-order valence-corrected chi connectivity index (χ2v) is 3.73. The van der Waals surface area contributed by atoms with Crippen molar-refractivity contribution in [2.75, 3.05) is 5.32 Å². The fraction of sp³-hybridized carbons (Fsp3) is 0. The summed E-state index contributed by atoms with van der Waals surface area (Å²) < 4.78 is 0. The third-order valence-corrected chi connectivity index (χ3v) is 2.36. The number of amides is 1. The van der Waals surface area contributed by atoms with Gasteiger partial charge in [-0.3, -0.25) is 4.79 Å². The Morgan fingerprint density at radius 1 is 1.20 bits per heavy atom. The summed E-state index contributed by atoms with van der Waals surface area (Å²) in [6.45, 7) is 0. The molecule has 0 radical (unpaired) electrons. The summed E-state index contributed by atoms with van der Waals surface area (Å²) in [5, 5.41) is 19.9. The maximum Gasteiger partial charge on any atom is 0.354 e. The maximum atomic E-state index is 11.9. The van der Waals surface area contributed by atoms with E-state index in [0.29, 0.717) is 11.3 Å². The second kappa shape index (κ2) is 5.58. The lowest BCUT2D eigenvalue weighted by atomic mass is 10.2. The number of hydrogen-bond acceptors (Lipinski definition) is 5. The van der Waals surface area contributed by atoms with Crippen molar-refractivity contribution in [3.8, 4) is 6.07 Å². The summed E-state index contributed by atoms with van der Waals surface area (Å²) in [5.74, 6) is -1.69. The highest BCUT2D eigenvalue weighted by atomic mass is 16.4. The summed E-state index contributed by atoms with van der Waals surface area (Å²) in [6, 6.07) is 7.48. The minimum absolute atomic E-state index is 0.123. The Balaban J connectivity index is 2.17. The highest BCUT2D eigenvalue weighted by Gasteiger charge is 2.10. The standard InChI is InChI=1S/C13H8N4O3/c14-6-8-1-2-10(16-7-8)12(18)17-9-3-4-15-11(5-9)13(19)20/h1-5,7H,(H,19,20)(H,15,17,18). The molecule has 0 unspecified atom stereocenters. The topological polar surface area (TPSA) is 116 Å². The molecule has 7 nitrogen and oxygen atoms in total. The number of nitriles is 1. The van der Waals surface area contributed by atoms with Gasteiger partial charge >= 0.3 is 5.97 Å². The molecular formula is C13H8N4O3. The van der Waals surface area contributed by atoms with Gasteiger partial charge < -0.3 is 10.4 Å². The van der Waals surface area contributed by atoms with Crippen molar-refractivity contribution in [3.63, 3.8) is 0 Å². The zero-order chi connectivity index (χ0) is 14.5. The first kappa shape index (κ1) is 13.2. The molecule has 2 rings (SSSR count). The first-order valence-corrected chi connectivity index (χ1v) is 5.47. The number of carboxylic acids is 1. The fourth-order valence-corrected chi connectivity index (χ4v) is 1.41. The number of carboxylic acid groups (broad SMARTS) is 1. The summed E-state index contributed by atoms with van der Waals surface area (Å²) in [6.07, 6.45) is 2.56. The van der Waals surface area contributed by atoms with Crippen LogP contribution in [0, 0.1) is 11.3 Å². The number of carbonyl (C=O) groups is 2. The van der Waals surface area contributed by atoms with Gasteiger partial charge in [0.1, 0.15) is 17.5 Å². The van der Waals surface area contributed by atoms with Gasteiger partial charge in [-0.15, -0.1) is 0 Å². The molecule has 2 heterocycles. The van der Waals surface area contributed by atoms with Crippen molar-refractivity contribution < 1.29 is 14.7 Å². The molecule has 0 saturated carbocycles. The van der Waals surface area contributed by atoms with E-state index in [-0.39, 0.29) is 11.4 Å². The van der Waals surface area contributed by atoms with E-state index in [4.69, 9.17) is 10.4 Å². The number of anilines is 1. The number of carbonyl (C=O) groups excluding carboxylic acids is 1. The van der Waals surface area contributed by atoms with E-state index < -0.39 is 11.9 Å². The molecule has 2 aromatic rings. The predicted octanol–water partition coefficient (Wildman–Crippen LogP) is 1.30. The third-order valence-electron chi connectivity index (χ3n) is 2.36. The molecule has 7 heteroatoms. The quantitative estimate of drug-likeness (QED) is 0.866. The molecular weight excluding hydrogens is 260 g/mol. The largest absolute Gasteiger partial charge is 0.477 e. The lowest BCUT2D eigenvalue weighted by Gasteiger charge is -2.05. The van der Waals surface area contributed by atoms with Crippen molar-refractivity contribution in [3.05, 3.63) is 53.6 Å². The number of nitrogens with zero attached hydrogens (tertiary/aromatic N) is 3. The molecule has 0 aliphatic carbocycles. The van der Waals surface area contributed by atoms with Crippen LogP contribution in [0.1, 0.15) is 26.5 Å². The number of pyridine rings is 2. The number of rotatable bonds is 3. The van der Waals surface area contributed by atoms with Crippen molar-refractivity contribution in [1.82, 2.24) is 9.97 Å². The van der Waals surface area contributed by atoms with Gasteiger partial charge in [0.2, 0.25) is 0 Å². The summed E-state index contributed by atoms with van der Waals surface area (Å²) in [7, 11) is 0. The highest BCUT2D eigenvalue weighted by molar-refractivity contribution is 6.03. The van der Waals surface area contributed by atoms with Gasteiger partial charge in [-0.05, 0) is 24.3 Å². The molecule has 98 valence electrons. The van der Waals surface area contributed by atoms with Crippen molar-refractivity contribution in [2.45, 2.75) is 0 Å². The number of aromatic nitrogens is 2.